The number of ether oxygens (including phenoxy) is 1. The lowest BCUT2D eigenvalue weighted by Crippen LogP contribution is -1.99. The minimum atomic E-state index is -0.378. The summed E-state index contributed by atoms with van der Waals surface area (Å²) in [5.41, 5.74) is 2.29. The van der Waals surface area contributed by atoms with Gasteiger partial charge in [-0.25, -0.2) is 0 Å². The summed E-state index contributed by atoms with van der Waals surface area (Å²) >= 11 is 0. The highest BCUT2D eigenvalue weighted by Gasteiger charge is 2.18. The van der Waals surface area contributed by atoms with Gasteiger partial charge in [0.2, 0.25) is 0 Å². The summed E-state index contributed by atoms with van der Waals surface area (Å²) in [5.74, 6) is 0.522. The van der Waals surface area contributed by atoms with E-state index in [0.29, 0.717) is 5.92 Å². The lowest BCUT2D eigenvalue weighted by molar-refractivity contribution is 0.193. The molecule has 1 saturated heterocycles. The highest BCUT2D eigenvalue weighted by atomic mass is 16.5. The van der Waals surface area contributed by atoms with Crippen LogP contribution in [0.4, 0.5) is 0 Å². The first-order valence-electron chi connectivity index (χ1n) is 5.13. The highest BCUT2D eigenvalue weighted by Crippen LogP contribution is 2.26. The summed E-state index contributed by atoms with van der Waals surface area (Å²) in [4.78, 5) is 0. The Balaban J connectivity index is 2.21. The van der Waals surface area contributed by atoms with E-state index in [0.717, 1.165) is 25.2 Å². The van der Waals surface area contributed by atoms with Gasteiger partial charge in [0.05, 0.1) is 12.7 Å². The van der Waals surface area contributed by atoms with Gasteiger partial charge in [-0.05, 0) is 24.5 Å². The summed E-state index contributed by atoms with van der Waals surface area (Å²) in [7, 11) is 0. The van der Waals surface area contributed by atoms with Crippen LogP contribution < -0.4 is 0 Å². The van der Waals surface area contributed by atoms with E-state index in [1.54, 1.807) is 6.92 Å². The SMILES string of the molecule is CC(O)c1cccc([C@H]2CCOC2)c1. The van der Waals surface area contributed by atoms with Gasteiger partial charge in [0.1, 0.15) is 0 Å². The Labute approximate surface area is 84.5 Å². The number of benzene rings is 1. The first kappa shape index (κ1) is 9.69. The van der Waals surface area contributed by atoms with Gasteiger partial charge in [0.15, 0.2) is 0 Å². The average molecular weight is 192 g/mol. The lowest BCUT2D eigenvalue weighted by Gasteiger charge is -2.11. The van der Waals surface area contributed by atoms with Crippen LogP contribution in [-0.4, -0.2) is 18.3 Å². The molecule has 0 radical (unpaired) electrons. The molecule has 1 unspecified atom stereocenters. The van der Waals surface area contributed by atoms with E-state index in [2.05, 4.69) is 12.1 Å². The van der Waals surface area contributed by atoms with Crippen molar-refractivity contribution in [1.29, 1.82) is 0 Å². The van der Waals surface area contributed by atoms with Crippen LogP contribution in [0, 0.1) is 0 Å². The predicted octanol–water partition coefficient (Wildman–Crippen LogP) is 2.24. The molecule has 0 spiro atoms. The molecular formula is C12H16O2. The van der Waals surface area contributed by atoms with Crippen molar-refractivity contribution in [1.82, 2.24) is 0 Å². The standard InChI is InChI=1S/C12H16O2/c1-9(13)10-3-2-4-11(7-10)12-5-6-14-8-12/h2-4,7,9,12-13H,5-6,8H2,1H3/t9?,12-/m0/s1. The van der Waals surface area contributed by atoms with E-state index >= 15 is 0 Å². The van der Waals surface area contributed by atoms with Crippen molar-refractivity contribution in [3.05, 3.63) is 35.4 Å². The third-order valence-electron chi connectivity index (χ3n) is 2.79. The second kappa shape index (κ2) is 4.11. The zero-order valence-corrected chi connectivity index (χ0v) is 8.44. The largest absolute Gasteiger partial charge is 0.389 e. The van der Waals surface area contributed by atoms with Gasteiger partial charge in [-0.2, -0.15) is 0 Å². The Kier molecular flexibility index (Phi) is 2.85. The third kappa shape index (κ3) is 1.97. The first-order valence-corrected chi connectivity index (χ1v) is 5.13. The third-order valence-corrected chi connectivity index (χ3v) is 2.79. The van der Waals surface area contributed by atoms with Gasteiger partial charge >= 0.3 is 0 Å². The van der Waals surface area contributed by atoms with E-state index < -0.39 is 0 Å². The Morgan fingerprint density at radius 2 is 2.36 bits per heavy atom. The molecule has 0 bridgehead atoms. The maximum Gasteiger partial charge on any atom is 0.0762 e. The smallest absolute Gasteiger partial charge is 0.0762 e. The molecule has 0 saturated carbocycles. The second-order valence-electron chi connectivity index (χ2n) is 3.91. The molecule has 0 aromatic heterocycles. The van der Waals surface area contributed by atoms with Crippen LogP contribution in [0.5, 0.6) is 0 Å². The molecule has 2 atom stereocenters. The van der Waals surface area contributed by atoms with Crippen molar-refractivity contribution in [3.63, 3.8) is 0 Å². The Morgan fingerprint density at radius 1 is 1.50 bits per heavy atom. The molecule has 1 aliphatic heterocycles. The zero-order chi connectivity index (χ0) is 9.97. The number of hydrogen-bond donors (Lipinski definition) is 1. The highest BCUT2D eigenvalue weighted by molar-refractivity contribution is 5.28. The molecule has 2 nitrogen and oxygen atoms in total. The number of hydrogen-bond acceptors (Lipinski definition) is 2. The maximum absolute atomic E-state index is 9.46. The summed E-state index contributed by atoms with van der Waals surface area (Å²) in [5, 5.41) is 9.46. The fraction of sp³-hybridized carbons (Fsp3) is 0.500. The Bertz CT molecular complexity index is 301. The molecular weight excluding hydrogens is 176 g/mol. The second-order valence-corrected chi connectivity index (χ2v) is 3.91. The minimum Gasteiger partial charge on any atom is -0.389 e. The molecule has 1 fully saturated rings. The van der Waals surface area contributed by atoms with E-state index in [1.165, 1.54) is 5.56 Å². The fourth-order valence-corrected chi connectivity index (χ4v) is 1.87. The molecule has 1 aliphatic rings. The molecule has 76 valence electrons. The van der Waals surface area contributed by atoms with Crippen LogP contribution in [0.15, 0.2) is 24.3 Å². The summed E-state index contributed by atoms with van der Waals surface area (Å²) < 4.78 is 5.35. The monoisotopic (exact) mass is 192 g/mol. The average Bonchev–Trinajstić information content (AvgIpc) is 2.71. The Morgan fingerprint density at radius 3 is 3.00 bits per heavy atom. The van der Waals surface area contributed by atoms with Crippen molar-refractivity contribution >= 4 is 0 Å². The van der Waals surface area contributed by atoms with Crippen LogP contribution in [0.2, 0.25) is 0 Å². The van der Waals surface area contributed by atoms with Crippen LogP contribution in [0.25, 0.3) is 0 Å². The van der Waals surface area contributed by atoms with Gasteiger partial charge in [0, 0.05) is 12.5 Å². The van der Waals surface area contributed by atoms with Gasteiger partial charge in [0.25, 0.3) is 0 Å². The molecule has 1 N–H and O–H groups in total. The van der Waals surface area contributed by atoms with Crippen LogP contribution in [0.3, 0.4) is 0 Å². The summed E-state index contributed by atoms with van der Waals surface area (Å²) in [6.07, 6.45) is 0.723. The maximum atomic E-state index is 9.46. The molecule has 2 heteroatoms. The molecule has 2 rings (SSSR count). The number of aliphatic hydroxyl groups is 1. The Hall–Kier alpha value is -0.860. The quantitative estimate of drug-likeness (QED) is 0.778. The first-order chi connectivity index (χ1) is 6.77. The normalized spacial score (nSPS) is 23.7. The summed E-state index contributed by atoms with van der Waals surface area (Å²) in [6, 6.07) is 8.18. The minimum absolute atomic E-state index is 0.378. The van der Waals surface area contributed by atoms with Crippen LogP contribution in [-0.2, 0) is 4.74 Å². The zero-order valence-electron chi connectivity index (χ0n) is 8.44. The fourth-order valence-electron chi connectivity index (χ4n) is 1.87. The van der Waals surface area contributed by atoms with E-state index in [1.807, 2.05) is 12.1 Å². The van der Waals surface area contributed by atoms with Gasteiger partial charge in [-0.3, -0.25) is 0 Å². The topological polar surface area (TPSA) is 29.5 Å². The molecule has 1 aromatic rings. The van der Waals surface area contributed by atoms with E-state index in [-0.39, 0.29) is 6.10 Å². The van der Waals surface area contributed by atoms with Crippen molar-refractivity contribution in [3.8, 4) is 0 Å². The number of rotatable bonds is 2. The molecule has 1 aromatic carbocycles. The van der Waals surface area contributed by atoms with E-state index in [9.17, 15) is 5.11 Å². The van der Waals surface area contributed by atoms with Crippen LogP contribution >= 0.6 is 0 Å². The van der Waals surface area contributed by atoms with Crippen LogP contribution in [0.1, 0.15) is 36.5 Å². The van der Waals surface area contributed by atoms with Crippen molar-refractivity contribution in [2.45, 2.75) is 25.4 Å². The lowest BCUT2D eigenvalue weighted by atomic mass is 9.96. The molecule has 0 amide bonds. The van der Waals surface area contributed by atoms with Crippen molar-refractivity contribution in [2.75, 3.05) is 13.2 Å². The summed E-state index contributed by atoms with van der Waals surface area (Å²) in [6.45, 7) is 3.48. The number of aliphatic hydroxyl groups excluding tert-OH is 1. The van der Waals surface area contributed by atoms with Crippen molar-refractivity contribution in [2.24, 2.45) is 0 Å². The van der Waals surface area contributed by atoms with E-state index in [4.69, 9.17) is 4.74 Å². The molecule has 0 aliphatic carbocycles. The van der Waals surface area contributed by atoms with Gasteiger partial charge in [-0.15, -0.1) is 0 Å². The van der Waals surface area contributed by atoms with Crippen molar-refractivity contribution < 1.29 is 9.84 Å². The molecule has 14 heavy (non-hydrogen) atoms. The van der Waals surface area contributed by atoms with Gasteiger partial charge < -0.3 is 9.84 Å². The molecule has 1 heterocycles. The predicted molar refractivity (Wildman–Crippen MR) is 55.3 cm³/mol. The van der Waals surface area contributed by atoms with Gasteiger partial charge in [-0.1, -0.05) is 24.3 Å².